The second kappa shape index (κ2) is 8.58. The van der Waals surface area contributed by atoms with Crippen LogP contribution in [-0.2, 0) is 16.4 Å². The van der Waals surface area contributed by atoms with E-state index in [1.165, 1.54) is 18.2 Å². The summed E-state index contributed by atoms with van der Waals surface area (Å²) in [4.78, 5) is 1.74. The van der Waals surface area contributed by atoms with Crippen LogP contribution in [0, 0.1) is 0 Å². The molecule has 0 bridgehead atoms. The summed E-state index contributed by atoms with van der Waals surface area (Å²) in [5.41, 5.74) is 7.28. The largest absolute Gasteiger partial charge is 0.428 e. The number of anilines is 1. The highest BCUT2D eigenvalue weighted by atomic mass is 35.5. The molecule has 0 spiro atoms. The molecule has 0 saturated carbocycles. The Labute approximate surface area is 191 Å². The fourth-order valence-corrected chi connectivity index (χ4v) is 5.28. The first kappa shape index (κ1) is 23.5. The fraction of sp³-hybridized carbons (Fsp3) is 0.300. The van der Waals surface area contributed by atoms with Crippen molar-refractivity contribution in [2.24, 2.45) is 5.73 Å². The maximum Gasteiger partial charge on any atom is 0.428 e. The smallest absolute Gasteiger partial charge is 0.417 e. The Bertz CT molecular complexity index is 1270. The minimum absolute atomic E-state index is 0.00608. The zero-order valence-corrected chi connectivity index (χ0v) is 18.3. The van der Waals surface area contributed by atoms with Crippen LogP contribution in [0.5, 0.6) is 0 Å². The van der Waals surface area contributed by atoms with Crippen molar-refractivity contribution in [2.75, 3.05) is 17.2 Å². The van der Waals surface area contributed by atoms with E-state index in [0.717, 1.165) is 5.56 Å². The zero-order chi connectivity index (χ0) is 24.0. The van der Waals surface area contributed by atoms with Crippen LogP contribution in [0.25, 0.3) is 11.5 Å². The lowest BCUT2D eigenvalue weighted by atomic mass is 10.1. The summed E-state index contributed by atoms with van der Waals surface area (Å²) in [7, 11) is -3.75. The van der Waals surface area contributed by atoms with Gasteiger partial charge in [-0.15, -0.1) is 10.2 Å². The standard InChI is InChI=1S/C20H17ClF4N4O3S/c21-13-4-1-11(2-5-13)8-29-9-14(26)10-33(30,31)16-6-3-12(7-15(16)29)18-27-28-19(32-18)17(22)20(23,24)25/h1-7,14,17H,8-10,26H2/t14-,17?/m1/s1. The van der Waals surface area contributed by atoms with Gasteiger partial charge in [0.25, 0.3) is 12.1 Å². The molecule has 7 nitrogen and oxygen atoms in total. The van der Waals surface area contributed by atoms with Gasteiger partial charge >= 0.3 is 6.18 Å². The molecule has 1 unspecified atom stereocenters. The van der Waals surface area contributed by atoms with Gasteiger partial charge in [-0.25, -0.2) is 12.8 Å². The van der Waals surface area contributed by atoms with Crippen LogP contribution in [0.15, 0.2) is 51.8 Å². The fourth-order valence-electron chi connectivity index (χ4n) is 3.52. The Kier molecular flexibility index (Phi) is 6.10. The van der Waals surface area contributed by atoms with Crippen LogP contribution >= 0.6 is 11.6 Å². The predicted molar refractivity (Wildman–Crippen MR) is 112 cm³/mol. The molecule has 0 saturated heterocycles. The number of rotatable bonds is 4. The van der Waals surface area contributed by atoms with Crippen LogP contribution in [0.1, 0.15) is 17.6 Å². The molecule has 33 heavy (non-hydrogen) atoms. The number of benzene rings is 2. The Balaban J connectivity index is 1.76. The van der Waals surface area contributed by atoms with Gasteiger partial charge in [-0.05, 0) is 35.9 Å². The van der Waals surface area contributed by atoms with Crippen molar-refractivity contribution in [2.45, 2.75) is 29.8 Å². The number of sulfone groups is 1. The molecule has 2 atom stereocenters. The summed E-state index contributed by atoms with van der Waals surface area (Å²) in [6.45, 7) is 0.473. The second-order valence-electron chi connectivity index (χ2n) is 7.58. The number of alkyl halides is 4. The van der Waals surface area contributed by atoms with E-state index in [9.17, 15) is 26.0 Å². The third kappa shape index (κ3) is 4.97. The van der Waals surface area contributed by atoms with E-state index in [4.69, 9.17) is 21.8 Å². The molecule has 1 aromatic heterocycles. The topological polar surface area (TPSA) is 102 Å². The molecule has 13 heteroatoms. The normalized spacial score (nSPS) is 19.1. The van der Waals surface area contributed by atoms with Crippen molar-refractivity contribution in [3.63, 3.8) is 0 Å². The van der Waals surface area contributed by atoms with Crippen LogP contribution < -0.4 is 10.6 Å². The summed E-state index contributed by atoms with van der Waals surface area (Å²) in [6.07, 6.45) is -8.63. The van der Waals surface area contributed by atoms with E-state index in [2.05, 4.69) is 10.2 Å². The Hall–Kier alpha value is -2.70. The monoisotopic (exact) mass is 504 g/mol. The molecule has 0 aliphatic carbocycles. The first-order valence-electron chi connectivity index (χ1n) is 9.60. The highest BCUT2D eigenvalue weighted by molar-refractivity contribution is 7.91. The Morgan fingerprint density at radius 1 is 1.18 bits per heavy atom. The van der Waals surface area contributed by atoms with Crippen molar-refractivity contribution < 1.29 is 30.4 Å². The van der Waals surface area contributed by atoms with E-state index in [1.54, 1.807) is 29.2 Å². The molecule has 4 rings (SSSR count). The third-order valence-electron chi connectivity index (χ3n) is 5.00. The van der Waals surface area contributed by atoms with Gasteiger partial charge in [0.15, 0.2) is 9.84 Å². The maximum atomic E-state index is 13.5. The summed E-state index contributed by atoms with van der Waals surface area (Å²) < 4.78 is 82.0. The number of hydrogen-bond acceptors (Lipinski definition) is 7. The van der Waals surface area contributed by atoms with E-state index in [1.807, 2.05) is 0 Å². The molecule has 2 heterocycles. The molecule has 0 radical (unpaired) electrons. The maximum absolute atomic E-state index is 13.5. The summed E-state index contributed by atoms with van der Waals surface area (Å²) in [6, 6.07) is 10.3. The van der Waals surface area contributed by atoms with Gasteiger partial charge in [-0.1, -0.05) is 23.7 Å². The van der Waals surface area contributed by atoms with Gasteiger partial charge in [-0.3, -0.25) is 0 Å². The lowest BCUT2D eigenvalue weighted by molar-refractivity contribution is -0.188. The molecule has 1 aliphatic heterocycles. The molecule has 3 aromatic rings. The average molecular weight is 505 g/mol. The van der Waals surface area contributed by atoms with Crippen molar-refractivity contribution in [3.8, 4) is 11.5 Å². The molecule has 0 fully saturated rings. The zero-order valence-electron chi connectivity index (χ0n) is 16.8. The SMILES string of the molecule is N[C@@H]1CN(Cc2ccc(Cl)cc2)c2cc(-c3nnc(C(F)C(F)(F)F)o3)ccc2S(=O)(=O)C1. The number of hydrogen-bond donors (Lipinski definition) is 1. The van der Waals surface area contributed by atoms with Gasteiger partial charge < -0.3 is 15.1 Å². The minimum Gasteiger partial charge on any atom is -0.417 e. The van der Waals surface area contributed by atoms with Gasteiger partial charge in [0, 0.05) is 29.7 Å². The van der Waals surface area contributed by atoms with Gasteiger partial charge in [0.05, 0.1) is 16.3 Å². The molecular weight excluding hydrogens is 488 g/mol. The lowest BCUT2D eigenvalue weighted by Gasteiger charge is -2.26. The molecule has 176 valence electrons. The number of nitrogens with two attached hydrogens (primary N) is 1. The first-order valence-corrected chi connectivity index (χ1v) is 11.6. The van der Waals surface area contributed by atoms with Crippen molar-refractivity contribution >= 4 is 27.1 Å². The molecular formula is C20H17ClF4N4O3S. The minimum atomic E-state index is -5.20. The summed E-state index contributed by atoms with van der Waals surface area (Å²) in [5.74, 6) is -1.90. The summed E-state index contributed by atoms with van der Waals surface area (Å²) >= 11 is 5.93. The van der Waals surface area contributed by atoms with Gasteiger partial charge in [0.1, 0.15) is 0 Å². The van der Waals surface area contributed by atoms with E-state index >= 15 is 0 Å². The molecule has 1 aliphatic rings. The van der Waals surface area contributed by atoms with E-state index in [-0.39, 0.29) is 40.9 Å². The Morgan fingerprint density at radius 3 is 2.55 bits per heavy atom. The van der Waals surface area contributed by atoms with Crippen molar-refractivity contribution in [1.29, 1.82) is 0 Å². The number of halogens is 5. The van der Waals surface area contributed by atoms with E-state index in [0.29, 0.717) is 5.02 Å². The third-order valence-corrected chi connectivity index (χ3v) is 7.14. The highest BCUT2D eigenvalue weighted by Gasteiger charge is 2.45. The Morgan fingerprint density at radius 2 is 1.88 bits per heavy atom. The quantitative estimate of drug-likeness (QED) is 0.534. The van der Waals surface area contributed by atoms with Crippen LogP contribution in [0.2, 0.25) is 5.02 Å². The molecule has 2 aromatic carbocycles. The van der Waals surface area contributed by atoms with Crippen molar-refractivity contribution in [3.05, 3.63) is 58.9 Å². The van der Waals surface area contributed by atoms with E-state index < -0.39 is 34.1 Å². The van der Waals surface area contributed by atoms with Crippen LogP contribution in [0.3, 0.4) is 0 Å². The van der Waals surface area contributed by atoms with Crippen LogP contribution in [-0.4, -0.2) is 43.1 Å². The summed E-state index contributed by atoms with van der Waals surface area (Å²) in [5, 5.41) is 7.18. The molecule has 2 N–H and O–H groups in total. The lowest BCUT2D eigenvalue weighted by Crippen LogP contribution is -2.39. The number of fused-ring (bicyclic) bond motifs is 1. The predicted octanol–water partition coefficient (Wildman–Crippen LogP) is 4.08. The van der Waals surface area contributed by atoms with Gasteiger partial charge in [0.2, 0.25) is 5.89 Å². The number of aromatic nitrogens is 2. The van der Waals surface area contributed by atoms with Crippen molar-refractivity contribution in [1.82, 2.24) is 10.2 Å². The van der Waals surface area contributed by atoms with Gasteiger partial charge in [-0.2, -0.15) is 13.2 Å². The first-order chi connectivity index (χ1) is 15.4. The highest BCUT2D eigenvalue weighted by Crippen LogP contribution is 2.38. The average Bonchev–Trinajstić information content (AvgIpc) is 3.19. The van der Waals surface area contributed by atoms with Crippen LogP contribution in [0.4, 0.5) is 23.2 Å². The number of nitrogens with zero attached hydrogens (tertiary/aromatic N) is 3. The molecule has 0 amide bonds. The second-order valence-corrected chi connectivity index (χ2v) is 10.0.